The van der Waals surface area contributed by atoms with Gasteiger partial charge in [0.25, 0.3) is 0 Å². The molecular formula is C11H14N2O3. The van der Waals surface area contributed by atoms with Crippen LogP contribution in [0.1, 0.15) is 54.8 Å². The first kappa shape index (κ1) is 10.9. The molecule has 1 heterocycles. The standard InChI is InChI=1S/C11H14N2O3/c1-6(2)13-10(7-3-8(14)4-7)5-9(12-13)11(15)16/h5-7H,3-4H2,1-2H3,(H,15,16). The van der Waals surface area contributed by atoms with Crippen LogP contribution in [0, 0.1) is 0 Å². The minimum Gasteiger partial charge on any atom is -0.476 e. The molecule has 86 valence electrons. The summed E-state index contributed by atoms with van der Waals surface area (Å²) in [6, 6.07) is 1.69. The fourth-order valence-electron chi connectivity index (χ4n) is 1.93. The molecule has 5 heteroatoms. The first-order chi connectivity index (χ1) is 7.49. The van der Waals surface area contributed by atoms with Crippen LogP contribution in [-0.4, -0.2) is 26.6 Å². The molecule has 0 aromatic carbocycles. The van der Waals surface area contributed by atoms with Crippen molar-refractivity contribution in [1.29, 1.82) is 0 Å². The molecule has 0 aliphatic heterocycles. The van der Waals surface area contributed by atoms with Gasteiger partial charge in [-0.1, -0.05) is 0 Å². The van der Waals surface area contributed by atoms with E-state index in [1.807, 2.05) is 13.8 Å². The first-order valence-electron chi connectivity index (χ1n) is 5.33. The Kier molecular flexibility index (Phi) is 2.53. The molecule has 1 aliphatic rings. The van der Waals surface area contributed by atoms with Gasteiger partial charge in [-0.25, -0.2) is 4.79 Å². The van der Waals surface area contributed by atoms with Crippen molar-refractivity contribution in [2.24, 2.45) is 0 Å². The minimum atomic E-state index is -1.02. The SMILES string of the molecule is CC(C)n1nc(C(=O)O)cc1C1CC(=O)C1. The van der Waals surface area contributed by atoms with Crippen LogP contribution >= 0.6 is 0 Å². The predicted molar refractivity (Wildman–Crippen MR) is 56.6 cm³/mol. The number of aromatic nitrogens is 2. The lowest BCUT2D eigenvalue weighted by Gasteiger charge is -2.25. The molecule has 1 aromatic heterocycles. The van der Waals surface area contributed by atoms with Gasteiger partial charge in [0.1, 0.15) is 5.78 Å². The number of hydrogen-bond acceptors (Lipinski definition) is 3. The third kappa shape index (κ3) is 1.73. The van der Waals surface area contributed by atoms with Crippen LogP contribution in [0.25, 0.3) is 0 Å². The third-order valence-corrected chi connectivity index (χ3v) is 2.84. The summed E-state index contributed by atoms with van der Waals surface area (Å²) in [5.74, 6) is -0.639. The van der Waals surface area contributed by atoms with Crippen molar-refractivity contribution in [3.8, 4) is 0 Å². The number of Topliss-reactive ketones (excluding diaryl/α,β-unsaturated/α-hetero) is 1. The van der Waals surface area contributed by atoms with E-state index >= 15 is 0 Å². The van der Waals surface area contributed by atoms with E-state index in [1.54, 1.807) is 10.7 Å². The fourth-order valence-corrected chi connectivity index (χ4v) is 1.93. The summed E-state index contributed by atoms with van der Waals surface area (Å²) >= 11 is 0. The third-order valence-electron chi connectivity index (χ3n) is 2.84. The summed E-state index contributed by atoms with van der Waals surface area (Å²) in [6.07, 6.45) is 1.02. The molecule has 1 N–H and O–H groups in total. The highest BCUT2D eigenvalue weighted by Gasteiger charge is 2.32. The van der Waals surface area contributed by atoms with E-state index in [9.17, 15) is 9.59 Å². The van der Waals surface area contributed by atoms with E-state index in [0.717, 1.165) is 5.69 Å². The molecule has 0 bridgehead atoms. The Morgan fingerprint density at radius 1 is 1.56 bits per heavy atom. The number of rotatable bonds is 3. The second-order valence-electron chi connectivity index (χ2n) is 4.44. The van der Waals surface area contributed by atoms with E-state index in [-0.39, 0.29) is 23.4 Å². The first-order valence-corrected chi connectivity index (χ1v) is 5.33. The zero-order valence-corrected chi connectivity index (χ0v) is 9.30. The lowest BCUT2D eigenvalue weighted by atomic mass is 9.81. The lowest BCUT2D eigenvalue weighted by Crippen LogP contribution is -2.24. The van der Waals surface area contributed by atoms with E-state index in [4.69, 9.17) is 5.11 Å². The molecule has 1 aliphatic carbocycles. The number of carbonyl (C=O) groups is 2. The lowest BCUT2D eigenvalue weighted by molar-refractivity contribution is -0.124. The van der Waals surface area contributed by atoms with Gasteiger partial charge < -0.3 is 5.11 Å². The number of ketones is 1. The van der Waals surface area contributed by atoms with Gasteiger partial charge in [0.15, 0.2) is 5.69 Å². The van der Waals surface area contributed by atoms with Gasteiger partial charge in [-0.3, -0.25) is 9.48 Å². The van der Waals surface area contributed by atoms with Crippen LogP contribution in [0.5, 0.6) is 0 Å². The Morgan fingerprint density at radius 2 is 2.19 bits per heavy atom. The van der Waals surface area contributed by atoms with Crippen LogP contribution in [0.15, 0.2) is 6.07 Å². The molecule has 0 spiro atoms. The number of carbonyl (C=O) groups excluding carboxylic acids is 1. The fraction of sp³-hybridized carbons (Fsp3) is 0.545. The maximum absolute atomic E-state index is 11.0. The summed E-state index contributed by atoms with van der Waals surface area (Å²) in [4.78, 5) is 21.8. The van der Waals surface area contributed by atoms with Gasteiger partial charge in [0.2, 0.25) is 0 Å². The molecule has 0 unspecified atom stereocenters. The van der Waals surface area contributed by atoms with Gasteiger partial charge in [-0.05, 0) is 19.9 Å². The van der Waals surface area contributed by atoms with Crippen LogP contribution < -0.4 is 0 Å². The van der Waals surface area contributed by atoms with E-state index in [1.165, 1.54) is 0 Å². The van der Waals surface area contributed by atoms with Crippen molar-refractivity contribution >= 4 is 11.8 Å². The molecular weight excluding hydrogens is 208 g/mol. The summed E-state index contributed by atoms with van der Waals surface area (Å²) in [5.41, 5.74) is 0.926. The molecule has 0 radical (unpaired) electrons. The number of carboxylic acid groups (broad SMARTS) is 1. The molecule has 1 saturated carbocycles. The second-order valence-corrected chi connectivity index (χ2v) is 4.44. The topological polar surface area (TPSA) is 72.2 Å². The Balaban J connectivity index is 2.34. The smallest absolute Gasteiger partial charge is 0.356 e. The van der Waals surface area contributed by atoms with Gasteiger partial charge >= 0.3 is 5.97 Å². The van der Waals surface area contributed by atoms with Gasteiger partial charge in [-0.15, -0.1) is 0 Å². The Morgan fingerprint density at radius 3 is 2.62 bits per heavy atom. The summed E-state index contributed by atoms with van der Waals surface area (Å²) in [6.45, 7) is 3.89. The van der Waals surface area contributed by atoms with E-state index in [2.05, 4.69) is 5.10 Å². The molecule has 5 nitrogen and oxygen atoms in total. The zero-order chi connectivity index (χ0) is 11.9. The van der Waals surface area contributed by atoms with Crippen molar-refractivity contribution in [3.63, 3.8) is 0 Å². The summed E-state index contributed by atoms with van der Waals surface area (Å²) in [5, 5.41) is 12.9. The van der Waals surface area contributed by atoms with Gasteiger partial charge in [0, 0.05) is 30.5 Å². The predicted octanol–water partition coefficient (Wildman–Crippen LogP) is 1.61. The Bertz CT molecular complexity index is 440. The summed E-state index contributed by atoms with van der Waals surface area (Å²) < 4.78 is 1.71. The maximum atomic E-state index is 11.0. The van der Waals surface area contributed by atoms with Gasteiger partial charge in [-0.2, -0.15) is 5.10 Å². The monoisotopic (exact) mass is 222 g/mol. The van der Waals surface area contributed by atoms with Crippen molar-refractivity contribution < 1.29 is 14.7 Å². The van der Waals surface area contributed by atoms with Crippen LogP contribution in [-0.2, 0) is 4.79 Å². The quantitative estimate of drug-likeness (QED) is 0.843. The molecule has 0 saturated heterocycles. The van der Waals surface area contributed by atoms with Crippen molar-refractivity contribution in [3.05, 3.63) is 17.5 Å². The highest BCUT2D eigenvalue weighted by molar-refractivity contribution is 5.88. The highest BCUT2D eigenvalue weighted by atomic mass is 16.4. The highest BCUT2D eigenvalue weighted by Crippen LogP contribution is 2.35. The van der Waals surface area contributed by atoms with Gasteiger partial charge in [0.05, 0.1) is 0 Å². The minimum absolute atomic E-state index is 0.0584. The van der Waals surface area contributed by atoms with E-state index in [0.29, 0.717) is 12.8 Å². The number of nitrogens with zero attached hydrogens (tertiary/aromatic N) is 2. The average Bonchev–Trinajstić information content (AvgIpc) is 2.56. The molecule has 1 fully saturated rings. The Hall–Kier alpha value is -1.65. The maximum Gasteiger partial charge on any atom is 0.356 e. The molecule has 1 aromatic rings. The summed E-state index contributed by atoms with van der Waals surface area (Å²) in [7, 11) is 0. The molecule has 0 amide bonds. The van der Waals surface area contributed by atoms with Crippen LogP contribution in [0.2, 0.25) is 0 Å². The number of aromatic carboxylic acids is 1. The second kappa shape index (κ2) is 3.73. The van der Waals surface area contributed by atoms with Crippen molar-refractivity contribution in [2.75, 3.05) is 0 Å². The molecule has 2 rings (SSSR count). The van der Waals surface area contributed by atoms with Crippen LogP contribution in [0.4, 0.5) is 0 Å². The number of hydrogen-bond donors (Lipinski definition) is 1. The molecule has 16 heavy (non-hydrogen) atoms. The van der Waals surface area contributed by atoms with E-state index < -0.39 is 5.97 Å². The average molecular weight is 222 g/mol. The number of carboxylic acids is 1. The zero-order valence-electron chi connectivity index (χ0n) is 9.30. The van der Waals surface area contributed by atoms with Crippen molar-refractivity contribution in [2.45, 2.75) is 38.6 Å². The largest absolute Gasteiger partial charge is 0.476 e. The van der Waals surface area contributed by atoms with Crippen LogP contribution in [0.3, 0.4) is 0 Å². The Labute approximate surface area is 93.1 Å². The van der Waals surface area contributed by atoms with Crippen molar-refractivity contribution in [1.82, 2.24) is 9.78 Å². The molecule has 0 atom stereocenters. The normalized spacial score (nSPS) is 16.6.